The molecule has 0 aliphatic heterocycles. The first-order chi connectivity index (χ1) is 13.7. The minimum Gasteiger partial charge on any atom is -0.497 e. The first-order valence-electron chi connectivity index (χ1n) is 9.28. The third-order valence-corrected chi connectivity index (χ3v) is 5.81. The quantitative estimate of drug-likeness (QED) is 0.649. The fourth-order valence-corrected chi connectivity index (χ4v) is 3.98. The third kappa shape index (κ3) is 6.20. The highest BCUT2D eigenvalue weighted by Gasteiger charge is 2.27. The molecule has 1 unspecified atom stereocenters. The lowest BCUT2D eigenvalue weighted by molar-refractivity contribution is -0.118. The highest BCUT2D eigenvalue weighted by Crippen LogP contribution is 2.29. The molecule has 0 saturated heterocycles. The zero-order chi connectivity index (χ0) is 21.6. The molecule has 2 aromatic rings. The molecule has 0 bridgehead atoms. The van der Waals surface area contributed by atoms with E-state index in [1.54, 1.807) is 30.3 Å². The van der Waals surface area contributed by atoms with E-state index in [-0.39, 0.29) is 10.8 Å². The molecule has 2 rings (SSSR count). The topological polar surface area (TPSA) is 93.7 Å². The second-order valence-corrected chi connectivity index (χ2v) is 8.89. The van der Waals surface area contributed by atoms with Crippen LogP contribution < -0.4 is 19.5 Å². The number of hydrogen-bond acceptors (Lipinski definition) is 5. The summed E-state index contributed by atoms with van der Waals surface area (Å²) in [6.07, 6.45) is 0.343. The van der Waals surface area contributed by atoms with E-state index in [4.69, 9.17) is 9.47 Å². The van der Waals surface area contributed by atoms with Crippen LogP contribution in [0.1, 0.15) is 25.8 Å². The molecule has 0 aliphatic carbocycles. The van der Waals surface area contributed by atoms with Gasteiger partial charge in [-0.15, -0.1) is 0 Å². The van der Waals surface area contributed by atoms with Crippen molar-refractivity contribution in [3.8, 4) is 11.5 Å². The van der Waals surface area contributed by atoms with Gasteiger partial charge in [0.05, 0.1) is 24.8 Å². The Morgan fingerprint density at radius 1 is 1.03 bits per heavy atom. The van der Waals surface area contributed by atoms with Crippen molar-refractivity contribution in [1.82, 2.24) is 4.72 Å². The van der Waals surface area contributed by atoms with Crippen LogP contribution in [0.4, 0.5) is 5.69 Å². The number of aryl methyl sites for hydroxylation is 1. The van der Waals surface area contributed by atoms with Gasteiger partial charge in [-0.3, -0.25) is 4.79 Å². The number of hydrogen-bond donors (Lipinski definition) is 2. The lowest BCUT2D eigenvalue weighted by Crippen LogP contribution is -2.44. The second-order valence-electron chi connectivity index (χ2n) is 7.17. The monoisotopic (exact) mass is 420 g/mol. The van der Waals surface area contributed by atoms with E-state index in [0.717, 1.165) is 5.56 Å². The minimum absolute atomic E-state index is 0.101. The van der Waals surface area contributed by atoms with Gasteiger partial charge in [-0.1, -0.05) is 31.5 Å². The van der Waals surface area contributed by atoms with Crippen molar-refractivity contribution in [2.75, 3.05) is 19.5 Å². The van der Waals surface area contributed by atoms with Crippen molar-refractivity contribution in [1.29, 1.82) is 0 Å². The fraction of sp³-hybridized carbons (Fsp3) is 0.381. The summed E-state index contributed by atoms with van der Waals surface area (Å²) in [5.74, 6) is 0.642. The smallest absolute Gasteiger partial charge is 0.242 e. The average Bonchev–Trinajstić information content (AvgIpc) is 2.67. The van der Waals surface area contributed by atoms with Crippen LogP contribution in [0.15, 0.2) is 47.4 Å². The van der Waals surface area contributed by atoms with Gasteiger partial charge in [-0.05, 0) is 43.5 Å². The van der Waals surface area contributed by atoms with E-state index in [1.807, 2.05) is 20.8 Å². The van der Waals surface area contributed by atoms with Crippen molar-refractivity contribution in [3.05, 3.63) is 48.0 Å². The molecule has 0 aliphatic rings. The molecule has 0 aromatic heterocycles. The summed E-state index contributed by atoms with van der Waals surface area (Å²) in [6, 6.07) is 10.5. The van der Waals surface area contributed by atoms with Crippen LogP contribution in [0, 0.1) is 12.8 Å². The van der Waals surface area contributed by atoms with Gasteiger partial charge >= 0.3 is 0 Å². The molecule has 0 radical (unpaired) electrons. The normalized spacial score (nSPS) is 12.5. The van der Waals surface area contributed by atoms with Gasteiger partial charge in [0, 0.05) is 6.07 Å². The van der Waals surface area contributed by atoms with Gasteiger partial charge < -0.3 is 14.8 Å². The summed E-state index contributed by atoms with van der Waals surface area (Å²) in [7, 11) is -0.832. The summed E-state index contributed by atoms with van der Waals surface area (Å²) in [4.78, 5) is 13.0. The number of ether oxygens (including phenoxy) is 2. The van der Waals surface area contributed by atoms with Gasteiger partial charge in [0.15, 0.2) is 0 Å². The maximum absolute atomic E-state index is 12.9. The maximum Gasteiger partial charge on any atom is 0.242 e. The van der Waals surface area contributed by atoms with Crippen molar-refractivity contribution >= 4 is 21.6 Å². The van der Waals surface area contributed by atoms with E-state index < -0.39 is 22.0 Å². The summed E-state index contributed by atoms with van der Waals surface area (Å²) in [5.41, 5.74) is 1.38. The maximum atomic E-state index is 12.9. The van der Waals surface area contributed by atoms with Gasteiger partial charge in [0.25, 0.3) is 0 Å². The Morgan fingerprint density at radius 3 is 2.24 bits per heavy atom. The van der Waals surface area contributed by atoms with Gasteiger partial charge in [-0.25, -0.2) is 8.42 Å². The largest absolute Gasteiger partial charge is 0.497 e. The van der Waals surface area contributed by atoms with Gasteiger partial charge in [-0.2, -0.15) is 4.72 Å². The molecule has 29 heavy (non-hydrogen) atoms. The van der Waals surface area contributed by atoms with Crippen molar-refractivity contribution in [3.63, 3.8) is 0 Å². The van der Waals surface area contributed by atoms with Crippen molar-refractivity contribution in [2.45, 2.75) is 38.1 Å². The molecule has 0 fully saturated rings. The lowest BCUT2D eigenvalue weighted by atomic mass is 10.0. The first-order valence-corrected chi connectivity index (χ1v) is 10.8. The zero-order valence-corrected chi connectivity index (χ0v) is 18.2. The zero-order valence-electron chi connectivity index (χ0n) is 17.4. The molecule has 1 atom stereocenters. The van der Waals surface area contributed by atoms with Crippen LogP contribution in [0.2, 0.25) is 0 Å². The summed E-state index contributed by atoms with van der Waals surface area (Å²) in [6.45, 7) is 5.73. The highest BCUT2D eigenvalue weighted by molar-refractivity contribution is 7.89. The third-order valence-electron chi connectivity index (χ3n) is 4.32. The molecule has 0 saturated carbocycles. The van der Waals surface area contributed by atoms with Crippen LogP contribution in [-0.2, 0) is 14.8 Å². The predicted molar refractivity (Wildman–Crippen MR) is 113 cm³/mol. The highest BCUT2D eigenvalue weighted by atomic mass is 32.2. The molecule has 1 amide bonds. The number of rotatable bonds is 9. The number of benzene rings is 2. The second kappa shape index (κ2) is 9.76. The number of nitrogens with one attached hydrogen (secondary N) is 2. The molecule has 158 valence electrons. The predicted octanol–water partition coefficient (Wildman–Crippen LogP) is 3.34. The lowest BCUT2D eigenvalue weighted by Gasteiger charge is -2.21. The van der Waals surface area contributed by atoms with Crippen LogP contribution >= 0.6 is 0 Å². The Bertz CT molecular complexity index is 940. The summed E-state index contributed by atoms with van der Waals surface area (Å²) in [5, 5.41) is 2.75. The van der Waals surface area contributed by atoms with E-state index in [1.165, 1.54) is 26.4 Å². The molecule has 2 aromatic carbocycles. The van der Waals surface area contributed by atoms with Crippen molar-refractivity contribution < 1.29 is 22.7 Å². The van der Waals surface area contributed by atoms with Crippen LogP contribution in [0.5, 0.6) is 11.5 Å². The Kier molecular flexibility index (Phi) is 7.64. The van der Waals surface area contributed by atoms with Crippen LogP contribution in [0.3, 0.4) is 0 Å². The number of carbonyl (C=O) groups excluding carboxylic acids is 1. The number of methoxy groups -OCH3 is 2. The molecule has 0 spiro atoms. The van der Waals surface area contributed by atoms with Crippen LogP contribution in [-0.4, -0.2) is 34.6 Å². The fourth-order valence-electron chi connectivity index (χ4n) is 2.77. The minimum atomic E-state index is -3.85. The Labute approximate surface area is 172 Å². The van der Waals surface area contributed by atoms with E-state index in [2.05, 4.69) is 10.0 Å². The number of sulfonamides is 1. The molecule has 7 nitrogen and oxygen atoms in total. The van der Waals surface area contributed by atoms with Crippen molar-refractivity contribution in [2.24, 2.45) is 5.92 Å². The van der Waals surface area contributed by atoms with E-state index >= 15 is 0 Å². The Balaban J connectivity index is 2.25. The first kappa shape index (κ1) is 22.7. The Hall–Kier alpha value is -2.58. The number of amides is 1. The standard InChI is InChI=1S/C21H28N2O5S/c1-14(2)12-19(23-29(25,26)17-9-6-15(3)7-10-17)21(24)22-18-11-8-16(27-4)13-20(18)28-5/h6-11,13-14,19,23H,12H2,1-5H3,(H,22,24). The van der Waals surface area contributed by atoms with E-state index in [9.17, 15) is 13.2 Å². The SMILES string of the molecule is COc1ccc(NC(=O)C(CC(C)C)NS(=O)(=O)c2ccc(C)cc2)c(OC)c1. The average molecular weight is 421 g/mol. The molecule has 2 N–H and O–H groups in total. The van der Waals surface area contributed by atoms with E-state index in [0.29, 0.717) is 23.6 Å². The number of carbonyl (C=O) groups is 1. The Morgan fingerprint density at radius 2 is 1.69 bits per heavy atom. The van der Waals surface area contributed by atoms with Gasteiger partial charge in [0.1, 0.15) is 17.5 Å². The molecular formula is C21H28N2O5S. The number of anilines is 1. The molecule has 0 heterocycles. The molecular weight excluding hydrogens is 392 g/mol. The molecule has 8 heteroatoms. The summed E-state index contributed by atoms with van der Waals surface area (Å²) >= 11 is 0. The van der Waals surface area contributed by atoms with Crippen LogP contribution in [0.25, 0.3) is 0 Å². The van der Waals surface area contributed by atoms with Gasteiger partial charge in [0.2, 0.25) is 15.9 Å². The summed E-state index contributed by atoms with van der Waals surface area (Å²) < 4.78 is 38.5.